The van der Waals surface area contributed by atoms with Crippen molar-refractivity contribution in [3.63, 3.8) is 0 Å². The summed E-state index contributed by atoms with van der Waals surface area (Å²) in [6, 6.07) is -0.132. The number of unbranched alkanes of at least 4 members (excludes halogenated alkanes) is 3. The van der Waals surface area contributed by atoms with Crippen LogP contribution in [0.2, 0.25) is 0 Å². The molecule has 0 radical (unpaired) electrons. The fraction of sp³-hybridized carbons (Fsp3) is 0.846. The minimum atomic E-state index is -0.742. The third-order valence-electron chi connectivity index (χ3n) is 2.83. The number of thioether (sulfide) groups is 1. The first-order chi connectivity index (χ1) is 8.87. The number of urea groups is 1. The lowest BCUT2D eigenvalue weighted by Crippen LogP contribution is -2.42. The molecule has 0 aliphatic rings. The number of amides is 2. The summed E-state index contributed by atoms with van der Waals surface area (Å²) in [7, 11) is 0. The number of carbonyl (C=O) groups excluding carboxylic acids is 1. The molecule has 0 fully saturated rings. The molecule has 0 aromatic carbocycles. The average molecular weight is 290 g/mol. The molecule has 19 heavy (non-hydrogen) atoms. The second-order valence-electron chi connectivity index (χ2n) is 5.13. The van der Waals surface area contributed by atoms with Gasteiger partial charge in [0, 0.05) is 24.3 Å². The number of aliphatic carboxylic acids is 1. The van der Waals surface area contributed by atoms with Gasteiger partial charge in [-0.25, -0.2) is 4.79 Å². The van der Waals surface area contributed by atoms with Gasteiger partial charge in [0.15, 0.2) is 0 Å². The van der Waals surface area contributed by atoms with Gasteiger partial charge in [-0.2, -0.15) is 11.8 Å². The third kappa shape index (κ3) is 11.9. The Hall–Kier alpha value is -0.910. The van der Waals surface area contributed by atoms with Crippen LogP contribution in [0.1, 0.15) is 46.0 Å². The van der Waals surface area contributed by atoms with E-state index in [1.165, 1.54) is 0 Å². The molecule has 0 atom stereocenters. The molecule has 0 heterocycles. The van der Waals surface area contributed by atoms with Gasteiger partial charge in [-0.1, -0.05) is 12.8 Å². The Morgan fingerprint density at radius 2 is 1.74 bits per heavy atom. The number of hydrogen-bond donors (Lipinski definition) is 3. The Balaban J connectivity index is 3.41. The third-order valence-corrected chi connectivity index (χ3v) is 4.08. The van der Waals surface area contributed by atoms with Gasteiger partial charge in [0.25, 0.3) is 0 Å². The van der Waals surface area contributed by atoms with Crippen LogP contribution >= 0.6 is 11.8 Å². The Morgan fingerprint density at radius 1 is 1.11 bits per heavy atom. The van der Waals surface area contributed by atoms with Gasteiger partial charge in [-0.3, -0.25) is 4.79 Å². The molecule has 6 heteroatoms. The first-order valence-electron chi connectivity index (χ1n) is 6.66. The molecule has 3 N–H and O–H groups in total. The smallest absolute Gasteiger partial charge is 0.314 e. The minimum Gasteiger partial charge on any atom is -0.481 e. The summed E-state index contributed by atoms with van der Waals surface area (Å²) < 4.78 is 0.0498. The van der Waals surface area contributed by atoms with Gasteiger partial charge in [0.05, 0.1) is 0 Å². The molecule has 0 rings (SSSR count). The van der Waals surface area contributed by atoms with Crippen molar-refractivity contribution in [2.24, 2.45) is 0 Å². The Kier molecular flexibility index (Phi) is 9.47. The Labute approximate surface area is 119 Å². The van der Waals surface area contributed by atoms with Crippen LogP contribution in [-0.2, 0) is 4.79 Å². The van der Waals surface area contributed by atoms with Crippen molar-refractivity contribution >= 4 is 23.8 Å². The van der Waals surface area contributed by atoms with E-state index in [0.29, 0.717) is 19.5 Å². The first-order valence-corrected chi connectivity index (χ1v) is 7.88. The topological polar surface area (TPSA) is 78.4 Å². The zero-order chi connectivity index (χ0) is 14.7. The summed E-state index contributed by atoms with van der Waals surface area (Å²) in [4.78, 5) is 21.8. The van der Waals surface area contributed by atoms with Gasteiger partial charge in [-0.05, 0) is 32.9 Å². The van der Waals surface area contributed by atoms with Crippen LogP contribution in [0.5, 0.6) is 0 Å². The summed E-state index contributed by atoms with van der Waals surface area (Å²) in [5.74, 6) is -0.742. The van der Waals surface area contributed by atoms with E-state index in [-0.39, 0.29) is 17.2 Å². The van der Waals surface area contributed by atoms with E-state index in [4.69, 9.17) is 5.11 Å². The van der Waals surface area contributed by atoms with E-state index in [2.05, 4.69) is 24.5 Å². The second-order valence-corrected chi connectivity index (χ2v) is 6.64. The normalized spacial score (nSPS) is 11.1. The summed E-state index contributed by atoms with van der Waals surface area (Å²) in [6.07, 6.45) is 5.70. The predicted octanol–water partition coefficient (Wildman–Crippen LogP) is 2.46. The second kappa shape index (κ2) is 9.95. The molecule has 0 spiro atoms. The number of nitrogens with one attached hydrogen (secondary N) is 2. The standard InChI is InChI=1S/C13H26N2O3S/c1-13(2,19-3)10-15-12(18)14-9-7-5-4-6-8-11(16)17/h4-10H2,1-3H3,(H,16,17)(H2,14,15,18). The highest BCUT2D eigenvalue weighted by Gasteiger charge is 2.16. The Morgan fingerprint density at radius 3 is 2.32 bits per heavy atom. The number of carboxylic acids is 1. The van der Waals surface area contributed by atoms with Crippen LogP contribution in [0.3, 0.4) is 0 Å². The van der Waals surface area contributed by atoms with Crippen molar-refractivity contribution in [1.82, 2.24) is 10.6 Å². The lowest BCUT2D eigenvalue weighted by molar-refractivity contribution is -0.137. The molecule has 0 aliphatic carbocycles. The van der Waals surface area contributed by atoms with Crippen LogP contribution in [-0.4, -0.2) is 41.2 Å². The van der Waals surface area contributed by atoms with Crippen LogP contribution in [0.15, 0.2) is 0 Å². The maximum absolute atomic E-state index is 11.5. The highest BCUT2D eigenvalue weighted by atomic mass is 32.2. The quantitative estimate of drug-likeness (QED) is 0.540. The average Bonchev–Trinajstić information content (AvgIpc) is 2.35. The molecule has 5 nitrogen and oxygen atoms in total. The number of carboxylic acid groups (broad SMARTS) is 1. The summed E-state index contributed by atoms with van der Waals surface area (Å²) in [5.41, 5.74) is 0. The maximum atomic E-state index is 11.5. The molecule has 0 unspecified atom stereocenters. The van der Waals surface area contributed by atoms with Crippen LogP contribution < -0.4 is 10.6 Å². The van der Waals surface area contributed by atoms with Crippen LogP contribution in [0.4, 0.5) is 4.79 Å². The molecule has 0 aromatic rings. The summed E-state index contributed by atoms with van der Waals surface area (Å²) in [6.45, 7) is 5.44. The van der Waals surface area contributed by atoms with Crippen molar-refractivity contribution < 1.29 is 14.7 Å². The summed E-state index contributed by atoms with van der Waals surface area (Å²) >= 11 is 1.72. The molecule has 0 bridgehead atoms. The fourth-order valence-electron chi connectivity index (χ4n) is 1.38. The molecule has 112 valence electrons. The minimum absolute atomic E-state index is 0.0498. The first kappa shape index (κ1) is 18.1. The van der Waals surface area contributed by atoms with Gasteiger partial charge in [-0.15, -0.1) is 0 Å². The molecular formula is C13H26N2O3S. The SMILES string of the molecule is CSC(C)(C)CNC(=O)NCCCCCCC(=O)O. The largest absolute Gasteiger partial charge is 0.481 e. The monoisotopic (exact) mass is 290 g/mol. The van der Waals surface area contributed by atoms with Crippen molar-refractivity contribution in [3.8, 4) is 0 Å². The van der Waals surface area contributed by atoms with E-state index in [9.17, 15) is 9.59 Å². The zero-order valence-electron chi connectivity index (χ0n) is 12.1. The molecule has 0 aliphatic heterocycles. The molecule has 2 amide bonds. The maximum Gasteiger partial charge on any atom is 0.314 e. The van der Waals surface area contributed by atoms with Crippen molar-refractivity contribution in [3.05, 3.63) is 0 Å². The lowest BCUT2D eigenvalue weighted by atomic mass is 10.1. The number of carbonyl (C=O) groups is 2. The highest BCUT2D eigenvalue weighted by molar-refractivity contribution is 7.99. The van der Waals surface area contributed by atoms with Gasteiger partial charge in [0.2, 0.25) is 0 Å². The molecule has 0 saturated carbocycles. The fourth-order valence-corrected chi connectivity index (χ4v) is 1.60. The predicted molar refractivity (Wildman–Crippen MR) is 79.7 cm³/mol. The van der Waals surface area contributed by atoms with Gasteiger partial charge in [0.1, 0.15) is 0 Å². The zero-order valence-corrected chi connectivity index (χ0v) is 12.9. The molecule has 0 saturated heterocycles. The van der Waals surface area contributed by atoms with Gasteiger partial charge < -0.3 is 15.7 Å². The summed E-state index contributed by atoms with van der Waals surface area (Å²) in [5, 5.41) is 14.1. The Bertz CT molecular complexity index is 283. The van der Waals surface area contributed by atoms with E-state index in [1.807, 2.05) is 6.26 Å². The van der Waals surface area contributed by atoms with Crippen molar-refractivity contribution in [2.75, 3.05) is 19.3 Å². The molecular weight excluding hydrogens is 264 g/mol. The van der Waals surface area contributed by atoms with Crippen LogP contribution in [0.25, 0.3) is 0 Å². The van der Waals surface area contributed by atoms with E-state index in [1.54, 1.807) is 11.8 Å². The number of hydrogen-bond acceptors (Lipinski definition) is 3. The highest BCUT2D eigenvalue weighted by Crippen LogP contribution is 2.19. The van der Waals surface area contributed by atoms with Crippen molar-refractivity contribution in [1.29, 1.82) is 0 Å². The van der Waals surface area contributed by atoms with E-state index < -0.39 is 5.97 Å². The van der Waals surface area contributed by atoms with Gasteiger partial charge >= 0.3 is 12.0 Å². The number of rotatable bonds is 10. The van der Waals surface area contributed by atoms with Crippen LogP contribution in [0, 0.1) is 0 Å². The van der Waals surface area contributed by atoms with E-state index >= 15 is 0 Å². The lowest BCUT2D eigenvalue weighted by Gasteiger charge is -2.22. The van der Waals surface area contributed by atoms with Crippen molar-refractivity contribution in [2.45, 2.75) is 50.7 Å². The molecule has 0 aromatic heterocycles. The van der Waals surface area contributed by atoms with E-state index in [0.717, 1.165) is 19.3 Å².